The van der Waals surface area contributed by atoms with Crippen molar-refractivity contribution in [3.63, 3.8) is 0 Å². The number of hydrogen-bond acceptors (Lipinski definition) is 2. The average Bonchev–Trinajstić information content (AvgIpc) is 2.88. The summed E-state index contributed by atoms with van der Waals surface area (Å²) < 4.78 is 39.1. The Hall–Kier alpha value is -1.72. The number of nitrogens with zero attached hydrogens (tertiary/aromatic N) is 1. The lowest BCUT2D eigenvalue weighted by atomic mass is 9.88. The number of rotatable bonds is 1. The van der Waals surface area contributed by atoms with Crippen molar-refractivity contribution in [1.82, 2.24) is 0 Å². The van der Waals surface area contributed by atoms with Crippen LogP contribution < -0.4 is 10.2 Å². The normalized spacial score (nSPS) is 20.5. The minimum absolute atomic E-state index is 0.0496. The Balaban J connectivity index is 2.16. The lowest BCUT2D eigenvalue weighted by Crippen LogP contribution is -2.60. The maximum atomic E-state index is 13.0. The van der Waals surface area contributed by atoms with Crippen LogP contribution in [0.4, 0.5) is 24.5 Å². The number of benzene rings is 1. The zero-order chi connectivity index (χ0) is 16.1. The van der Waals surface area contributed by atoms with E-state index >= 15 is 0 Å². The Kier molecular flexibility index (Phi) is 3.38. The molecule has 1 aromatic rings. The van der Waals surface area contributed by atoms with Gasteiger partial charge in [-0.3, -0.25) is 4.79 Å². The molecule has 1 N–H and O–H groups in total. The van der Waals surface area contributed by atoms with Crippen molar-refractivity contribution in [2.24, 2.45) is 0 Å². The van der Waals surface area contributed by atoms with E-state index in [9.17, 15) is 18.0 Å². The van der Waals surface area contributed by atoms with Gasteiger partial charge in [-0.1, -0.05) is 12.8 Å². The molecule has 1 spiro atoms. The number of carbonyl (C=O) groups is 1. The van der Waals surface area contributed by atoms with Crippen LogP contribution in [0.1, 0.15) is 45.1 Å². The van der Waals surface area contributed by atoms with Crippen LogP contribution in [-0.4, -0.2) is 17.5 Å². The Morgan fingerprint density at radius 1 is 1.23 bits per heavy atom. The first-order valence-corrected chi connectivity index (χ1v) is 7.58. The van der Waals surface area contributed by atoms with E-state index in [1.807, 2.05) is 18.7 Å². The molecule has 0 radical (unpaired) electrons. The second-order valence-electron chi connectivity index (χ2n) is 6.39. The molecule has 0 aromatic heterocycles. The lowest BCUT2D eigenvalue weighted by molar-refractivity contribution is -0.137. The summed E-state index contributed by atoms with van der Waals surface area (Å²) >= 11 is 0. The molecule has 1 aliphatic heterocycles. The third-order valence-electron chi connectivity index (χ3n) is 4.66. The highest BCUT2D eigenvalue weighted by Crippen LogP contribution is 2.47. The van der Waals surface area contributed by atoms with Gasteiger partial charge >= 0.3 is 6.18 Å². The number of carbonyl (C=O) groups excluding carboxylic acids is 1. The van der Waals surface area contributed by atoms with E-state index in [2.05, 4.69) is 5.32 Å². The molecule has 3 nitrogen and oxygen atoms in total. The molecule has 3 rings (SSSR count). The van der Waals surface area contributed by atoms with Crippen molar-refractivity contribution in [2.45, 2.75) is 57.3 Å². The predicted molar refractivity (Wildman–Crippen MR) is 78.9 cm³/mol. The van der Waals surface area contributed by atoms with Crippen LogP contribution in [0.25, 0.3) is 0 Å². The largest absolute Gasteiger partial charge is 0.416 e. The van der Waals surface area contributed by atoms with Gasteiger partial charge in [0.05, 0.1) is 16.9 Å². The summed E-state index contributed by atoms with van der Waals surface area (Å²) in [6.07, 6.45) is -1.17. The summed E-state index contributed by atoms with van der Waals surface area (Å²) in [5.74, 6) is -0.0917. The molecule has 0 saturated heterocycles. The van der Waals surface area contributed by atoms with Crippen LogP contribution in [0.15, 0.2) is 18.2 Å². The van der Waals surface area contributed by atoms with Crippen LogP contribution in [-0.2, 0) is 11.0 Å². The quantitative estimate of drug-likeness (QED) is 0.843. The van der Waals surface area contributed by atoms with E-state index in [4.69, 9.17) is 0 Å². The Bertz CT molecular complexity index is 604. The third-order valence-corrected chi connectivity index (χ3v) is 4.66. The minimum Gasteiger partial charge on any atom is -0.353 e. The van der Waals surface area contributed by atoms with Crippen LogP contribution in [0.5, 0.6) is 0 Å². The molecule has 120 valence electrons. The Morgan fingerprint density at radius 2 is 1.86 bits per heavy atom. The maximum absolute atomic E-state index is 13.0. The second-order valence-corrected chi connectivity index (χ2v) is 6.39. The summed E-state index contributed by atoms with van der Waals surface area (Å²) in [7, 11) is 0. The smallest absolute Gasteiger partial charge is 0.353 e. The van der Waals surface area contributed by atoms with Gasteiger partial charge in [-0.15, -0.1) is 0 Å². The summed E-state index contributed by atoms with van der Waals surface area (Å²) in [5.41, 5.74) is -0.442. The first-order valence-electron chi connectivity index (χ1n) is 7.58. The molecular weight excluding hydrogens is 293 g/mol. The number of halogens is 3. The molecule has 1 fully saturated rings. The van der Waals surface area contributed by atoms with Gasteiger partial charge in [0.2, 0.25) is 5.91 Å². The monoisotopic (exact) mass is 312 g/mol. The average molecular weight is 312 g/mol. The van der Waals surface area contributed by atoms with Crippen LogP contribution in [0, 0.1) is 0 Å². The van der Waals surface area contributed by atoms with Crippen molar-refractivity contribution in [1.29, 1.82) is 0 Å². The fraction of sp³-hybridized carbons (Fsp3) is 0.562. The van der Waals surface area contributed by atoms with Gasteiger partial charge in [0.1, 0.15) is 5.54 Å². The van der Waals surface area contributed by atoms with Crippen LogP contribution in [0.2, 0.25) is 0 Å². The fourth-order valence-corrected chi connectivity index (χ4v) is 3.79. The molecular formula is C16H19F3N2O. The molecule has 2 aliphatic rings. The summed E-state index contributed by atoms with van der Waals surface area (Å²) in [4.78, 5) is 14.5. The van der Waals surface area contributed by atoms with Gasteiger partial charge in [0, 0.05) is 6.04 Å². The highest BCUT2D eigenvalue weighted by Gasteiger charge is 2.50. The zero-order valence-electron chi connectivity index (χ0n) is 12.6. The fourth-order valence-electron chi connectivity index (χ4n) is 3.79. The Labute approximate surface area is 127 Å². The maximum Gasteiger partial charge on any atom is 0.416 e. The second kappa shape index (κ2) is 4.89. The number of amides is 1. The molecule has 22 heavy (non-hydrogen) atoms. The van der Waals surface area contributed by atoms with E-state index in [-0.39, 0.29) is 11.9 Å². The molecule has 1 heterocycles. The molecule has 0 unspecified atom stereocenters. The van der Waals surface area contributed by atoms with E-state index in [0.717, 1.165) is 25.0 Å². The third kappa shape index (κ3) is 2.16. The standard InChI is InChI=1S/C16H19F3N2O/c1-10(2)21-13-9-11(16(17,18)19)5-6-12(13)20-14(22)15(21)7-3-4-8-15/h5-6,9-10H,3-4,7-8H2,1-2H3,(H,20,22). The molecule has 0 atom stereocenters. The number of nitrogens with one attached hydrogen (secondary N) is 1. The highest BCUT2D eigenvalue weighted by atomic mass is 19.4. The van der Waals surface area contributed by atoms with Crippen LogP contribution >= 0.6 is 0 Å². The molecule has 1 aliphatic carbocycles. The van der Waals surface area contributed by atoms with Gasteiger partial charge in [-0.05, 0) is 44.9 Å². The van der Waals surface area contributed by atoms with Gasteiger partial charge in [-0.2, -0.15) is 13.2 Å². The summed E-state index contributed by atoms with van der Waals surface area (Å²) in [5, 5.41) is 2.81. The number of hydrogen-bond donors (Lipinski definition) is 1. The molecule has 6 heteroatoms. The van der Waals surface area contributed by atoms with E-state index in [1.165, 1.54) is 6.07 Å². The van der Waals surface area contributed by atoms with Crippen molar-refractivity contribution >= 4 is 17.3 Å². The van der Waals surface area contributed by atoms with Crippen molar-refractivity contribution in [3.8, 4) is 0 Å². The van der Waals surface area contributed by atoms with E-state index in [0.29, 0.717) is 24.2 Å². The summed E-state index contributed by atoms with van der Waals surface area (Å²) in [6.45, 7) is 3.84. The van der Waals surface area contributed by atoms with Gasteiger partial charge in [0.15, 0.2) is 0 Å². The van der Waals surface area contributed by atoms with Gasteiger partial charge in [-0.25, -0.2) is 0 Å². The van der Waals surface area contributed by atoms with Crippen molar-refractivity contribution in [3.05, 3.63) is 23.8 Å². The number of fused-ring (bicyclic) bond motifs is 1. The van der Waals surface area contributed by atoms with E-state index < -0.39 is 17.3 Å². The van der Waals surface area contributed by atoms with Crippen molar-refractivity contribution in [2.75, 3.05) is 10.2 Å². The van der Waals surface area contributed by atoms with Gasteiger partial charge in [0.25, 0.3) is 0 Å². The zero-order valence-corrected chi connectivity index (χ0v) is 12.6. The minimum atomic E-state index is -4.39. The first-order chi connectivity index (χ1) is 10.3. The van der Waals surface area contributed by atoms with Gasteiger partial charge < -0.3 is 10.2 Å². The lowest BCUT2D eigenvalue weighted by Gasteiger charge is -2.48. The first kappa shape index (κ1) is 15.2. The molecule has 1 aromatic carbocycles. The molecule has 1 amide bonds. The van der Waals surface area contributed by atoms with Crippen LogP contribution in [0.3, 0.4) is 0 Å². The van der Waals surface area contributed by atoms with Crippen molar-refractivity contribution < 1.29 is 18.0 Å². The topological polar surface area (TPSA) is 32.3 Å². The molecule has 1 saturated carbocycles. The number of anilines is 2. The molecule has 0 bridgehead atoms. The van der Waals surface area contributed by atoms with E-state index in [1.54, 1.807) is 0 Å². The highest BCUT2D eigenvalue weighted by molar-refractivity contribution is 6.07. The Morgan fingerprint density at radius 3 is 2.41 bits per heavy atom. The summed E-state index contributed by atoms with van der Waals surface area (Å²) in [6, 6.07) is 3.48. The number of alkyl halides is 3. The predicted octanol–water partition coefficient (Wildman–Crippen LogP) is 4.19. The SMILES string of the molecule is CC(C)N1c2cc(C(F)(F)F)ccc2NC(=O)C12CCCC2.